The van der Waals surface area contributed by atoms with Crippen molar-refractivity contribution in [2.45, 2.75) is 32.1 Å². The highest BCUT2D eigenvalue weighted by Crippen LogP contribution is 2.27. The number of benzene rings is 1. The molecule has 1 aromatic carbocycles. The van der Waals surface area contributed by atoms with E-state index >= 15 is 0 Å². The number of thiazole rings is 1. The second-order valence-electron chi connectivity index (χ2n) is 7.64. The molecule has 0 unspecified atom stereocenters. The van der Waals surface area contributed by atoms with E-state index in [0.717, 1.165) is 55.2 Å². The molecule has 2 aromatic rings. The van der Waals surface area contributed by atoms with E-state index in [1.54, 1.807) is 0 Å². The first-order chi connectivity index (χ1) is 14.1. The Morgan fingerprint density at radius 3 is 2.66 bits per heavy atom. The van der Waals surface area contributed by atoms with Gasteiger partial charge in [0.15, 0.2) is 5.13 Å². The van der Waals surface area contributed by atoms with Gasteiger partial charge in [0.2, 0.25) is 11.8 Å². The van der Waals surface area contributed by atoms with Gasteiger partial charge in [-0.3, -0.25) is 9.59 Å². The number of rotatable bonds is 5. The van der Waals surface area contributed by atoms with Gasteiger partial charge in [-0.15, -0.1) is 11.3 Å². The summed E-state index contributed by atoms with van der Waals surface area (Å²) in [6.07, 6.45) is 4.45. The minimum absolute atomic E-state index is 0.0619. The molecule has 8 heteroatoms. The fourth-order valence-corrected chi connectivity index (χ4v) is 4.89. The molecule has 1 N–H and O–H groups in total. The molecule has 2 amide bonds. The SMILES string of the molecule is O=C(Nc1nc(CC(=O)N2CCN(c3cccc(Cl)c3)CC2)cs1)C1CCCC1. The first-order valence-corrected chi connectivity index (χ1v) is 11.4. The van der Waals surface area contributed by atoms with Crippen LogP contribution in [-0.2, 0) is 16.0 Å². The summed E-state index contributed by atoms with van der Waals surface area (Å²) < 4.78 is 0. The van der Waals surface area contributed by atoms with Crippen molar-refractivity contribution in [3.05, 3.63) is 40.4 Å². The maximum absolute atomic E-state index is 12.7. The van der Waals surface area contributed by atoms with Crippen LogP contribution in [0.4, 0.5) is 10.8 Å². The third kappa shape index (κ3) is 5.08. The van der Waals surface area contributed by atoms with Crippen LogP contribution < -0.4 is 10.2 Å². The summed E-state index contributed by atoms with van der Waals surface area (Å²) in [7, 11) is 0. The molecule has 29 heavy (non-hydrogen) atoms. The number of halogens is 1. The zero-order valence-corrected chi connectivity index (χ0v) is 17.8. The zero-order chi connectivity index (χ0) is 20.2. The van der Waals surface area contributed by atoms with Crippen molar-refractivity contribution in [2.75, 3.05) is 36.4 Å². The van der Waals surface area contributed by atoms with Crippen molar-refractivity contribution in [1.29, 1.82) is 0 Å². The molecule has 154 valence electrons. The predicted octanol–water partition coefficient (Wildman–Crippen LogP) is 3.82. The number of carbonyl (C=O) groups is 2. The van der Waals surface area contributed by atoms with E-state index in [1.807, 2.05) is 34.5 Å². The van der Waals surface area contributed by atoms with Crippen molar-refractivity contribution >= 4 is 45.6 Å². The minimum atomic E-state index is 0.0619. The molecule has 2 fully saturated rings. The Kier molecular flexibility index (Phi) is 6.35. The van der Waals surface area contributed by atoms with Crippen LogP contribution in [-0.4, -0.2) is 47.9 Å². The lowest BCUT2D eigenvalue weighted by molar-refractivity contribution is -0.130. The van der Waals surface area contributed by atoms with Gasteiger partial charge in [-0.05, 0) is 31.0 Å². The predicted molar refractivity (Wildman–Crippen MR) is 117 cm³/mol. The lowest BCUT2D eigenvalue weighted by Crippen LogP contribution is -2.49. The molecule has 2 aliphatic rings. The molecule has 4 rings (SSSR count). The average Bonchev–Trinajstić information content (AvgIpc) is 3.40. The van der Waals surface area contributed by atoms with Crippen molar-refractivity contribution in [3.8, 4) is 0 Å². The number of anilines is 2. The molecular formula is C21H25ClN4O2S. The van der Waals surface area contributed by atoms with Crippen molar-refractivity contribution < 1.29 is 9.59 Å². The number of amides is 2. The molecule has 0 bridgehead atoms. The highest BCUT2D eigenvalue weighted by molar-refractivity contribution is 7.13. The third-order valence-electron chi connectivity index (χ3n) is 5.65. The summed E-state index contributed by atoms with van der Waals surface area (Å²) >= 11 is 7.47. The molecule has 6 nitrogen and oxygen atoms in total. The van der Waals surface area contributed by atoms with Crippen LogP contribution in [0.25, 0.3) is 0 Å². The largest absolute Gasteiger partial charge is 0.368 e. The van der Waals surface area contributed by atoms with Gasteiger partial charge in [0, 0.05) is 48.2 Å². The number of nitrogens with one attached hydrogen (secondary N) is 1. The van der Waals surface area contributed by atoms with Gasteiger partial charge in [-0.25, -0.2) is 4.98 Å². The van der Waals surface area contributed by atoms with Gasteiger partial charge >= 0.3 is 0 Å². The number of carbonyl (C=O) groups excluding carboxylic acids is 2. The smallest absolute Gasteiger partial charge is 0.229 e. The molecular weight excluding hydrogens is 408 g/mol. The van der Waals surface area contributed by atoms with Crippen LogP contribution in [0.1, 0.15) is 31.4 Å². The summed E-state index contributed by atoms with van der Waals surface area (Å²) in [5.41, 5.74) is 1.81. The molecule has 1 aromatic heterocycles. The summed E-state index contributed by atoms with van der Waals surface area (Å²) in [6, 6.07) is 7.80. The normalized spacial score (nSPS) is 17.6. The molecule has 1 saturated heterocycles. The Bertz CT molecular complexity index is 873. The molecule has 1 aliphatic carbocycles. The van der Waals surface area contributed by atoms with Gasteiger partial charge < -0.3 is 15.1 Å². The zero-order valence-electron chi connectivity index (χ0n) is 16.3. The van der Waals surface area contributed by atoms with E-state index in [-0.39, 0.29) is 24.2 Å². The van der Waals surface area contributed by atoms with Gasteiger partial charge in [-0.1, -0.05) is 30.5 Å². The first kappa shape index (κ1) is 20.2. The number of nitrogens with zero attached hydrogens (tertiary/aromatic N) is 3. The molecule has 1 saturated carbocycles. The van der Waals surface area contributed by atoms with Gasteiger partial charge in [0.1, 0.15) is 0 Å². The van der Waals surface area contributed by atoms with Crippen LogP contribution in [0.3, 0.4) is 0 Å². The average molecular weight is 433 g/mol. The molecule has 0 atom stereocenters. The highest BCUT2D eigenvalue weighted by Gasteiger charge is 2.24. The maximum atomic E-state index is 12.7. The Labute approximate surface area is 179 Å². The van der Waals surface area contributed by atoms with E-state index < -0.39 is 0 Å². The third-order valence-corrected chi connectivity index (χ3v) is 6.69. The Morgan fingerprint density at radius 2 is 1.93 bits per heavy atom. The lowest BCUT2D eigenvalue weighted by atomic mass is 10.1. The number of hydrogen-bond donors (Lipinski definition) is 1. The molecule has 1 aliphatic heterocycles. The standard InChI is InChI=1S/C21H25ClN4O2S/c22-16-6-3-7-18(12-16)25-8-10-26(11-9-25)19(27)13-17-14-29-21(23-17)24-20(28)15-4-1-2-5-15/h3,6-7,12,14-15H,1-2,4-5,8-11,13H2,(H,23,24,28). The fourth-order valence-electron chi connectivity index (χ4n) is 3.99. The van der Waals surface area contributed by atoms with E-state index in [4.69, 9.17) is 11.6 Å². The summed E-state index contributed by atoms with van der Waals surface area (Å²) in [4.78, 5) is 33.5. The Balaban J connectivity index is 1.27. The van der Waals surface area contributed by atoms with Crippen molar-refractivity contribution in [3.63, 3.8) is 0 Å². The van der Waals surface area contributed by atoms with Crippen LogP contribution in [0.5, 0.6) is 0 Å². The van der Waals surface area contributed by atoms with E-state index in [1.165, 1.54) is 11.3 Å². The molecule has 0 radical (unpaired) electrons. The van der Waals surface area contributed by atoms with E-state index in [0.29, 0.717) is 18.2 Å². The number of piperazine rings is 1. The fraction of sp³-hybridized carbons (Fsp3) is 0.476. The summed E-state index contributed by atoms with van der Waals surface area (Å²) in [6.45, 7) is 2.93. The number of hydrogen-bond acceptors (Lipinski definition) is 5. The van der Waals surface area contributed by atoms with Gasteiger partial charge in [0.05, 0.1) is 12.1 Å². The Morgan fingerprint density at radius 1 is 1.17 bits per heavy atom. The minimum Gasteiger partial charge on any atom is -0.368 e. The molecule has 0 spiro atoms. The second-order valence-corrected chi connectivity index (χ2v) is 8.93. The summed E-state index contributed by atoms with van der Waals surface area (Å²) in [5.74, 6) is 0.251. The van der Waals surface area contributed by atoms with Crippen LogP contribution >= 0.6 is 22.9 Å². The van der Waals surface area contributed by atoms with Gasteiger partial charge in [-0.2, -0.15) is 0 Å². The van der Waals surface area contributed by atoms with Crippen LogP contribution in [0.15, 0.2) is 29.6 Å². The Hall–Kier alpha value is -2.12. The van der Waals surface area contributed by atoms with Crippen LogP contribution in [0, 0.1) is 5.92 Å². The van der Waals surface area contributed by atoms with Crippen molar-refractivity contribution in [2.24, 2.45) is 5.92 Å². The molecule has 2 heterocycles. The van der Waals surface area contributed by atoms with Crippen LogP contribution in [0.2, 0.25) is 5.02 Å². The number of aromatic nitrogens is 1. The highest BCUT2D eigenvalue weighted by atomic mass is 35.5. The van der Waals surface area contributed by atoms with E-state index in [9.17, 15) is 9.59 Å². The second kappa shape index (κ2) is 9.13. The van der Waals surface area contributed by atoms with Crippen molar-refractivity contribution in [1.82, 2.24) is 9.88 Å². The first-order valence-electron chi connectivity index (χ1n) is 10.1. The maximum Gasteiger partial charge on any atom is 0.229 e. The topological polar surface area (TPSA) is 65.5 Å². The monoisotopic (exact) mass is 432 g/mol. The van der Waals surface area contributed by atoms with Gasteiger partial charge in [0.25, 0.3) is 0 Å². The quantitative estimate of drug-likeness (QED) is 0.780. The summed E-state index contributed by atoms with van der Waals surface area (Å²) in [5, 5.41) is 6.09. The van der Waals surface area contributed by atoms with E-state index in [2.05, 4.69) is 15.2 Å². The lowest BCUT2D eigenvalue weighted by Gasteiger charge is -2.36.